The van der Waals surface area contributed by atoms with Crippen LogP contribution in [-0.2, 0) is 15.2 Å². The van der Waals surface area contributed by atoms with Crippen LogP contribution in [0.3, 0.4) is 0 Å². The van der Waals surface area contributed by atoms with E-state index in [2.05, 4.69) is 0 Å². The summed E-state index contributed by atoms with van der Waals surface area (Å²) in [5, 5.41) is 20.5. The van der Waals surface area contributed by atoms with Crippen LogP contribution in [0.25, 0.3) is 0 Å². The molecule has 1 atom stereocenters. The number of benzene rings is 2. The number of carbonyl (C=O) groups is 2. The fourth-order valence-electron chi connectivity index (χ4n) is 2.43. The van der Waals surface area contributed by atoms with Crippen LogP contribution in [0, 0.1) is 0 Å². The highest BCUT2D eigenvalue weighted by Crippen LogP contribution is 2.36. The molecule has 1 amide bonds. The molecule has 120 valence electrons. The monoisotopic (exact) mass is 314 g/mol. The van der Waals surface area contributed by atoms with Crippen molar-refractivity contribution in [1.82, 2.24) is 5.06 Å². The molecule has 0 aromatic heterocycles. The smallest absolute Gasteiger partial charge is 0.313 e. The first-order valence-corrected chi connectivity index (χ1v) is 6.99. The van der Waals surface area contributed by atoms with Crippen LogP contribution >= 0.6 is 0 Å². The molecule has 0 fully saturated rings. The van der Waals surface area contributed by atoms with Crippen LogP contribution in [0.5, 0.6) is 0 Å². The molecule has 1 unspecified atom stereocenters. The Morgan fingerprint density at radius 3 is 2.22 bits per heavy atom. The van der Waals surface area contributed by atoms with Gasteiger partial charge in [-0.3, -0.25) is 14.8 Å². The van der Waals surface area contributed by atoms with E-state index in [0.717, 1.165) is 7.05 Å². The van der Waals surface area contributed by atoms with Gasteiger partial charge in [0.05, 0.1) is 6.42 Å². The fraction of sp³-hybridized carbons (Fsp3) is 0.176. The Labute approximate surface area is 133 Å². The van der Waals surface area contributed by atoms with E-state index in [4.69, 9.17) is 10.9 Å². The summed E-state index contributed by atoms with van der Waals surface area (Å²) in [7, 11) is 1.05. The van der Waals surface area contributed by atoms with Crippen molar-refractivity contribution in [2.45, 2.75) is 12.0 Å². The maximum Gasteiger partial charge on any atom is 0.313 e. The van der Waals surface area contributed by atoms with Gasteiger partial charge >= 0.3 is 5.91 Å². The third-order valence-corrected chi connectivity index (χ3v) is 3.61. The van der Waals surface area contributed by atoms with E-state index in [-0.39, 0.29) is 5.06 Å². The van der Waals surface area contributed by atoms with Crippen molar-refractivity contribution in [2.24, 2.45) is 0 Å². The predicted octanol–water partition coefficient (Wildman–Crippen LogP) is 1.31. The Balaban J connectivity index is 2.51. The topological polar surface area (TPSA) is 104 Å². The number of likely N-dealkylation sites (N-methyl/N-ethyl adjacent to an activating group) is 1. The first kappa shape index (κ1) is 16.7. The molecule has 0 heterocycles. The van der Waals surface area contributed by atoms with Gasteiger partial charge in [0.2, 0.25) is 5.78 Å². The number of nitrogens with two attached hydrogens (primary N) is 1. The molecule has 2 rings (SSSR count). The highest BCUT2D eigenvalue weighted by molar-refractivity contribution is 6.35. The molecule has 0 spiro atoms. The maximum absolute atomic E-state index is 12.1. The second kappa shape index (κ2) is 6.60. The molecule has 23 heavy (non-hydrogen) atoms. The van der Waals surface area contributed by atoms with E-state index in [1.165, 1.54) is 0 Å². The minimum atomic E-state index is -1.77. The van der Waals surface area contributed by atoms with Gasteiger partial charge in [0.25, 0.3) is 0 Å². The Kier molecular flexibility index (Phi) is 4.78. The number of Topliss-reactive ketones (excluding diaryl/α,β-unsaturated/α-hetero) is 1. The van der Waals surface area contributed by atoms with E-state index < -0.39 is 23.7 Å². The second-order valence-corrected chi connectivity index (χ2v) is 5.24. The predicted molar refractivity (Wildman–Crippen MR) is 84.5 cm³/mol. The Morgan fingerprint density at radius 2 is 1.65 bits per heavy atom. The maximum atomic E-state index is 12.1. The summed E-state index contributed by atoms with van der Waals surface area (Å²) >= 11 is 0. The zero-order chi connectivity index (χ0) is 17.0. The lowest BCUT2D eigenvalue weighted by Crippen LogP contribution is -2.38. The molecule has 0 bridgehead atoms. The molecule has 2 aromatic rings. The number of aliphatic hydroxyl groups is 1. The van der Waals surface area contributed by atoms with Crippen molar-refractivity contribution in [3.05, 3.63) is 65.7 Å². The third kappa shape index (κ3) is 3.39. The quantitative estimate of drug-likeness (QED) is 0.334. The van der Waals surface area contributed by atoms with E-state index in [0.29, 0.717) is 16.8 Å². The standard InChI is InChI=1S/C17H18N2O4/c1-19(23)16(21)15(20)11-17(22,12-7-3-2-4-8-12)13-9-5-6-10-14(13)18/h2-10,22-23H,11,18H2,1H3. The van der Waals surface area contributed by atoms with Gasteiger partial charge < -0.3 is 10.8 Å². The highest BCUT2D eigenvalue weighted by atomic mass is 16.5. The molecular formula is C17H18N2O4. The first-order valence-electron chi connectivity index (χ1n) is 6.99. The number of hydroxylamine groups is 2. The number of rotatable bonds is 5. The molecule has 0 aliphatic heterocycles. The molecular weight excluding hydrogens is 296 g/mol. The molecule has 6 nitrogen and oxygen atoms in total. The fourth-order valence-corrected chi connectivity index (χ4v) is 2.43. The van der Waals surface area contributed by atoms with Gasteiger partial charge in [-0.25, -0.2) is 5.06 Å². The zero-order valence-corrected chi connectivity index (χ0v) is 12.6. The lowest BCUT2D eigenvalue weighted by Gasteiger charge is -2.30. The number of hydrogen-bond acceptors (Lipinski definition) is 5. The minimum absolute atomic E-state index is 0.197. The summed E-state index contributed by atoms with van der Waals surface area (Å²) in [6, 6.07) is 15.1. The molecule has 0 aliphatic carbocycles. The SMILES string of the molecule is CN(O)C(=O)C(=O)CC(O)(c1ccccc1)c1ccccc1N. The molecule has 4 N–H and O–H groups in total. The zero-order valence-electron chi connectivity index (χ0n) is 12.6. The Bertz CT molecular complexity index is 716. The van der Waals surface area contributed by atoms with Crippen LogP contribution in [-0.4, -0.2) is 34.1 Å². The van der Waals surface area contributed by atoms with Crippen molar-refractivity contribution < 1.29 is 19.9 Å². The van der Waals surface area contributed by atoms with Crippen LogP contribution in [0.4, 0.5) is 5.69 Å². The van der Waals surface area contributed by atoms with Gasteiger partial charge in [-0.15, -0.1) is 0 Å². The van der Waals surface area contributed by atoms with Crippen LogP contribution in [0.1, 0.15) is 17.5 Å². The van der Waals surface area contributed by atoms with Gasteiger partial charge in [-0.2, -0.15) is 0 Å². The van der Waals surface area contributed by atoms with Gasteiger partial charge in [-0.05, 0) is 11.6 Å². The average Bonchev–Trinajstić information content (AvgIpc) is 2.55. The van der Waals surface area contributed by atoms with Crippen molar-refractivity contribution in [2.75, 3.05) is 12.8 Å². The molecule has 0 saturated carbocycles. The molecule has 0 aliphatic rings. The normalized spacial score (nSPS) is 13.2. The van der Waals surface area contributed by atoms with Gasteiger partial charge in [-0.1, -0.05) is 48.5 Å². The van der Waals surface area contributed by atoms with Crippen LogP contribution in [0.2, 0.25) is 0 Å². The average molecular weight is 314 g/mol. The van der Waals surface area contributed by atoms with Gasteiger partial charge in [0.15, 0.2) is 0 Å². The minimum Gasteiger partial charge on any atom is -0.398 e. The van der Waals surface area contributed by atoms with E-state index in [9.17, 15) is 14.7 Å². The van der Waals surface area contributed by atoms with Crippen LogP contribution < -0.4 is 5.73 Å². The summed E-state index contributed by atoms with van der Waals surface area (Å²) in [5.74, 6) is -2.03. The van der Waals surface area contributed by atoms with Crippen molar-refractivity contribution in [1.29, 1.82) is 0 Å². The number of amides is 1. The summed E-state index contributed by atoms with van der Waals surface area (Å²) in [5.41, 5.74) is 5.23. The molecule has 0 radical (unpaired) electrons. The summed E-state index contributed by atoms with van der Waals surface area (Å²) < 4.78 is 0. The summed E-state index contributed by atoms with van der Waals surface area (Å²) in [6.07, 6.45) is -0.533. The summed E-state index contributed by atoms with van der Waals surface area (Å²) in [4.78, 5) is 23.8. The lowest BCUT2D eigenvalue weighted by atomic mass is 9.81. The lowest BCUT2D eigenvalue weighted by molar-refractivity contribution is -0.166. The number of nitrogen functional groups attached to an aromatic ring is 1. The number of anilines is 1. The van der Waals surface area contributed by atoms with Crippen molar-refractivity contribution >= 4 is 17.4 Å². The van der Waals surface area contributed by atoms with Crippen molar-refractivity contribution in [3.63, 3.8) is 0 Å². The molecule has 0 saturated heterocycles. The highest BCUT2D eigenvalue weighted by Gasteiger charge is 2.38. The number of ketones is 1. The molecule has 6 heteroatoms. The Hall–Kier alpha value is -2.70. The van der Waals surface area contributed by atoms with Gasteiger partial charge in [0, 0.05) is 18.3 Å². The number of carbonyl (C=O) groups excluding carboxylic acids is 2. The first-order chi connectivity index (χ1) is 10.9. The van der Waals surface area contributed by atoms with Gasteiger partial charge in [0.1, 0.15) is 5.60 Å². The van der Waals surface area contributed by atoms with E-state index in [1.807, 2.05) is 0 Å². The van der Waals surface area contributed by atoms with Crippen molar-refractivity contribution in [3.8, 4) is 0 Å². The number of para-hydroxylation sites is 1. The van der Waals surface area contributed by atoms with E-state index in [1.54, 1.807) is 54.6 Å². The molecule has 2 aromatic carbocycles. The summed E-state index contributed by atoms with van der Waals surface area (Å²) in [6.45, 7) is 0. The van der Waals surface area contributed by atoms with E-state index >= 15 is 0 Å². The van der Waals surface area contributed by atoms with Crippen LogP contribution in [0.15, 0.2) is 54.6 Å². The Morgan fingerprint density at radius 1 is 1.09 bits per heavy atom. The third-order valence-electron chi connectivity index (χ3n) is 3.61. The number of nitrogens with zero attached hydrogens (tertiary/aromatic N) is 1. The largest absolute Gasteiger partial charge is 0.398 e. The second-order valence-electron chi connectivity index (χ2n) is 5.24. The number of hydrogen-bond donors (Lipinski definition) is 3.